The van der Waals surface area contributed by atoms with Gasteiger partial charge < -0.3 is 15.2 Å². The summed E-state index contributed by atoms with van der Waals surface area (Å²) in [5.74, 6) is 1.23. The maximum Gasteiger partial charge on any atom is 0.255 e. The zero-order chi connectivity index (χ0) is 14.3. The summed E-state index contributed by atoms with van der Waals surface area (Å²) >= 11 is 0. The van der Waals surface area contributed by atoms with Crippen molar-refractivity contribution in [3.8, 4) is 0 Å². The topological polar surface area (TPSA) is 62.5 Å². The summed E-state index contributed by atoms with van der Waals surface area (Å²) in [6.07, 6.45) is -2.42. The third kappa shape index (κ3) is 7.01. The van der Waals surface area contributed by atoms with Gasteiger partial charge in [-0.2, -0.15) is 0 Å². The maximum atomic E-state index is 12.1. The van der Waals surface area contributed by atoms with E-state index in [1.54, 1.807) is 0 Å². The van der Waals surface area contributed by atoms with Gasteiger partial charge in [-0.3, -0.25) is 0 Å². The van der Waals surface area contributed by atoms with Crippen LogP contribution in [0.2, 0.25) is 0 Å². The van der Waals surface area contributed by atoms with Gasteiger partial charge in [-0.05, 0) is 12.8 Å². The summed E-state index contributed by atoms with van der Waals surface area (Å²) in [7, 11) is 0. The highest BCUT2D eigenvalue weighted by atomic mass is 127. The van der Waals surface area contributed by atoms with Crippen molar-refractivity contribution in [1.82, 2.24) is 15.8 Å². The van der Waals surface area contributed by atoms with Crippen molar-refractivity contribution in [2.45, 2.75) is 39.7 Å². The van der Waals surface area contributed by atoms with E-state index in [0.29, 0.717) is 18.3 Å². The molecule has 0 aromatic carbocycles. The lowest BCUT2D eigenvalue weighted by atomic mass is 10.1. The number of nitrogens with one attached hydrogen (secondary N) is 2. The zero-order valence-electron chi connectivity index (χ0n) is 11.8. The van der Waals surface area contributed by atoms with Crippen LogP contribution < -0.4 is 10.6 Å². The molecule has 0 saturated carbocycles. The minimum Gasteiger partial charge on any atom is -0.359 e. The molecule has 20 heavy (non-hydrogen) atoms. The molecule has 0 amide bonds. The van der Waals surface area contributed by atoms with Crippen molar-refractivity contribution < 1.29 is 13.3 Å². The smallest absolute Gasteiger partial charge is 0.255 e. The second kappa shape index (κ2) is 9.89. The van der Waals surface area contributed by atoms with Crippen LogP contribution in [0, 0.1) is 0 Å². The molecule has 0 spiro atoms. The predicted octanol–water partition coefficient (Wildman–Crippen LogP) is 2.74. The minimum atomic E-state index is -2.42. The van der Waals surface area contributed by atoms with Gasteiger partial charge in [-0.15, -0.1) is 24.0 Å². The molecule has 0 aliphatic carbocycles. The molecule has 2 N–H and O–H groups in total. The molecule has 1 rings (SSSR count). The number of hydrogen-bond acceptors (Lipinski definition) is 3. The number of aromatic nitrogens is 1. The van der Waals surface area contributed by atoms with Gasteiger partial charge >= 0.3 is 0 Å². The van der Waals surface area contributed by atoms with Crippen LogP contribution in [0.5, 0.6) is 0 Å². The Balaban J connectivity index is 0.00000361. The first-order valence-electron chi connectivity index (χ1n) is 6.28. The molecule has 5 nitrogen and oxygen atoms in total. The van der Waals surface area contributed by atoms with Gasteiger partial charge in [0.05, 0.1) is 12.2 Å². The van der Waals surface area contributed by atoms with Crippen LogP contribution in [0.15, 0.2) is 15.6 Å². The first-order chi connectivity index (χ1) is 9.02. The van der Waals surface area contributed by atoms with E-state index in [-0.39, 0.29) is 36.4 Å². The normalized spacial score (nSPS) is 11.7. The van der Waals surface area contributed by atoms with Crippen LogP contribution >= 0.6 is 24.0 Å². The first-order valence-corrected chi connectivity index (χ1v) is 6.28. The Hall–Kier alpha value is -0.930. The largest absolute Gasteiger partial charge is 0.359 e. The Bertz CT molecular complexity index is 410. The Kier molecular flexibility index (Phi) is 9.43. The fraction of sp³-hybridized carbons (Fsp3) is 0.667. The minimum absolute atomic E-state index is 0. The van der Waals surface area contributed by atoms with Crippen LogP contribution in [-0.4, -0.2) is 30.6 Å². The van der Waals surface area contributed by atoms with Gasteiger partial charge in [0.15, 0.2) is 11.7 Å². The third-order valence-corrected chi connectivity index (χ3v) is 2.33. The molecular weight excluding hydrogens is 381 g/mol. The Labute approximate surface area is 134 Å². The van der Waals surface area contributed by atoms with Crippen molar-refractivity contribution in [2.24, 2.45) is 4.99 Å². The number of aliphatic imine (C=N–C) groups is 1. The van der Waals surface area contributed by atoms with E-state index in [1.165, 1.54) is 0 Å². The molecule has 0 radical (unpaired) electrons. The van der Waals surface area contributed by atoms with Crippen molar-refractivity contribution in [2.75, 3.05) is 13.1 Å². The van der Waals surface area contributed by atoms with Crippen LogP contribution in [-0.2, 0) is 6.54 Å². The number of hydrogen-bond donors (Lipinski definition) is 2. The highest BCUT2D eigenvalue weighted by Gasteiger charge is 2.08. The Morgan fingerprint density at radius 1 is 1.40 bits per heavy atom. The number of nitrogens with zero attached hydrogens (tertiary/aromatic N) is 2. The second-order valence-electron chi connectivity index (χ2n) is 4.34. The SMILES string of the molecule is CCNC(=NCc1cc(C(C)C)no1)NCC(F)F.I. The second-order valence-corrected chi connectivity index (χ2v) is 4.34. The van der Waals surface area contributed by atoms with Gasteiger partial charge in [-0.25, -0.2) is 13.8 Å². The van der Waals surface area contributed by atoms with E-state index in [9.17, 15) is 8.78 Å². The molecule has 1 heterocycles. The number of rotatable bonds is 6. The summed E-state index contributed by atoms with van der Waals surface area (Å²) in [6, 6.07) is 1.82. The van der Waals surface area contributed by atoms with E-state index >= 15 is 0 Å². The Morgan fingerprint density at radius 3 is 2.60 bits per heavy atom. The summed E-state index contributed by atoms with van der Waals surface area (Å²) in [6.45, 7) is 6.32. The van der Waals surface area contributed by atoms with Crippen LogP contribution in [0.1, 0.15) is 38.1 Å². The Morgan fingerprint density at radius 2 is 2.10 bits per heavy atom. The molecule has 0 unspecified atom stereocenters. The van der Waals surface area contributed by atoms with Gasteiger partial charge in [0.1, 0.15) is 6.54 Å². The van der Waals surface area contributed by atoms with E-state index in [1.807, 2.05) is 26.8 Å². The van der Waals surface area contributed by atoms with E-state index in [2.05, 4.69) is 20.8 Å². The number of halogens is 3. The maximum absolute atomic E-state index is 12.1. The highest BCUT2D eigenvalue weighted by Crippen LogP contribution is 2.14. The summed E-state index contributed by atoms with van der Waals surface area (Å²) in [4.78, 5) is 4.16. The summed E-state index contributed by atoms with van der Waals surface area (Å²) in [5, 5.41) is 9.34. The molecule has 0 saturated heterocycles. The van der Waals surface area contributed by atoms with Crippen molar-refractivity contribution in [3.05, 3.63) is 17.5 Å². The molecule has 0 fully saturated rings. The van der Waals surface area contributed by atoms with E-state index in [0.717, 1.165) is 5.69 Å². The molecule has 1 aromatic heterocycles. The average Bonchev–Trinajstić information content (AvgIpc) is 2.81. The fourth-order valence-corrected chi connectivity index (χ4v) is 1.35. The molecule has 0 atom stereocenters. The van der Waals surface area contributed by atoms with Gasteiger partial charge in [0.25, 0.3) is 6.43 Å². The number of alkyl halides is 2. The predicted molar refractivity (Wildman–Crippen MR) is 84.8 cm³/mol. The van der Waals surface area contributed by atoms with Crippen LogP contribution in [0.4, 0.5) is 8.78 Å². The standard InChI is InChI=1S/C12H20F2N4O.HI/c1-4-15-12(17-7-11(13)14)16-6-9-5-10(8(2)3)18-19-9;/h5,8,11H,4,6-7H2,1-3H3,(H2,15,16,17);1H. The molecular formula is C12H21F2IN4O. The quantitative estimate of drug-likeness (QED) is 0.437. The van der Waals surface area contributed by atoms with E-state index < -0.39 is 13.0 Å². The van der Waals surface area contributed by atoms with Crippen molar-refractivity contribution in [1.29, 1.82) is 0 Å². The fourth-order valence-electron chi connectivity index (χ4n) is 1.35. The molecule has 0 aliphatic rings. The van der Waals surface area contributed by atoms with Gasteiger partial charge in [-0.1, -0.05) is 19.0 Å². The lowest BCUT2D eigenvalue weighted by Crippen LogP contribution is -2.39. The molecule has 0 aliphatic heterocycles. The van der Waals surface area contributed by atoms with E-state index in [4.69, 9.17) is 4.52 Å². The monoisotopic (exact) mass is 402 g/mol. The lowest BCUT2D eigenvalue weighted by molar-refractivity contribution is 0.152. The van der Waals surface area contributed by atoms with Crippen molar-refractivity contribution in [3.63, 3.8) is 0 Å². The zero-order valence-corrected chi connectivity index (χ0v) is 14.2. The molecule has 8 heteroatoms. The van der Waals surface area contributed by atoms with Crippen LogP contribution in [0.3, 0.4) is 0 Å². The molecule has 1 aromatic rings. The summed E-state index contributed by atoms with van der Waals surface area (Å²) in [5.41, 5.74) is 0.857. The van der Waals surface area contributed by atoms with Gasteiger partial charge in [0.2, 0.25) is 0 Å². The molecule has 116 valence electrons. The first kappa shape index (κ1) is 19.1. The third-order valence-electron chi connectivity index (χ3n) is 2.33. The van der Waals surface area contributed by atoms with Crippen LogP contribution in [0.25, 0.3) is 0 Å². The van der Waals surface area contributed by atoms with Gasteiger partial charge in [0, 0.05) is 12.6 Å². The number of guanidine groups is 1. The highest BCUT2D eigenvalue weighted by molar-refractivity contribution is 14.0. The average molecular weight is 402 g/mol. The molecule has 0 bridgehead atoms. The van der Waals surface area contributed by atoms with Crippen molar-refractivity contribution >= 4 is 29.9 Å². The lowest BCUT2D eigenvalue weighted by Gasteiger charge is -2.09. The summed E-state index contributed by atoms with van der Waals surface area (Å²) < 4.78 is 29.4.